The Labute approximate surface area is 186 Å². The minimum Gasteiger partial charge on any atom is -0.487 e. The molecule has 2 heterocycles. The molecule has 2 aromatic carbocycles. The Hall–Kier alpha value is -2.88. The van der Waals surface area contributed by atoms with Gasteiger partial charge in [0.25, 0.3) is 0 Å². The predicted octanol–water partition coefficient (Wildman–Crippen LogP) is 3.45. The molecule has 0 N–H and O–H groups in total. The van der Waals surface area contributed by atoms with Crippen LogP contribution in [0.15, 0.2) is 71.8 Å². The van der Waals surface area contributed by atoms with Crippen molar-refractivity contribution < 1.29 is 21.9 Å². The molecule has 1 aliphatic heterocycles. The Kier molecular flexibility index (Phi) is 6.78. The first kappa shape index (κ1) is 22.3. The van der Waals surface area contributed by atoms with E-state index in [4.69, 9.17) is 4.74 Å². The van der Waals surface area contributed by atoms with E-state index in [-0.39, 0.29) is 18.0 Å². The van der Waals surface area contributed by atoms with Crippen molar-refractivity contribution in [3.63, 3.8) is 0 Å². The zero-order chi connectivity index (χ0) is 22.6. The quantitative estimate of drug-likeness (QED) is 0.542. The van der Waals surface area contributed by atoms with Crippen molar-refractivity contribution >= 4 is 10.0 Å². The average Bonchev–Trinajstić information content (AvgIpc) is 2.81. The Morgan fingerprint density at radius 3 is 2.31 bits per heavy atom. The van der Waals surface area contributed by atoms with E-state index in [0.717, 1.165) is 35.2 Å². The fourth-order valence-corrected chi connectivity index (χ4v) is 4.94. The van der Waals surface area contributed by atoms with Crippen LogP contribution in [-0.4, -0.2) is 48.8 Å². The van der Waals surface area contributed by atoms with Gasteiger partial charge in [0, 0.05) is 38.9 Å². The molecular weight excluding hydrogens is 436 g/mol. The number of aromatic nitrogens is 1. The maximum Gasteiger partial charge on any atom is 0.243 e. The zero-order valence-corrected chi connectivity index (χ0v) is 18.1. The number of hydrogen-bond acceptors (Lipinski definition) is 5. The Bertz CT molecular complexity index is 1150. The summed E-state index contributed by atoms with van der Waals surface area (Å²) in [5.74, 6) is -1.49. The van der Waals surface area contributed by atoms with Crippen LogP contribution in [0.5, 0.6) is 5.75 Å². The summed E-state index contributed by atoms with van der Waals surface area (Å²) in [7, 11) is -3.85. The SMILES string of the molecule is O=S(=O)(c1ccc(F)c(F)c1)N1CCN(Cc2ccc(OCc3ccccn3)cc2)CC1. The van der Waals surface area contributed by atoms with E-state index < -0.39 is 21.7 Å². The summed E-state index contributed by atoms with van der Waals surface area (Å²) in [6.07, 6.45) is 1.73. The molecule has 3 aromatic rings. The second-order valence-corrected chi connectivity index (χ2v) is 9.45. The van der Waals surface area contributed by atoms with Crippen LogP contribution in [-0.2, 0) is 23.2 Å². The van der Waals surface area contributed by atoms with E-state index in [2.05, 4.69) is 9.88 Å². The monoisotopic (exact) mass is 459 g/mol. The average molecular weight is 460 g/mol. The van der Waals surface area contributed by atoms with Gasteiger partial charge >= 0.3 is 0 Å². The molecular formula is C23H23F2N3O3S. The van der Waals surface area contributed by atoms with E-state index in [0.29, 0.717) is 26.2 Å². The molecule has 0 bridgehead atoms. The summed E-state index contributed by atoms with van der Waals surface area (Å²) in [5, 5.41) is 0. The highest BCUT2D eigenvalue weighted by atomic mass is 32.2. The number of hydrogen-bond donors (Lipinski definition) is 0. The highest BCUT2D eigenvalue weighted by molar-refractivity contribution is 7.89. The normalized spacial score (nSPS) is 15.6. The van der Waals surface area contributed by atoms with Crippen LogP contribution < -0.4 is 4.74 Å². The van der Waals surface area contributed by atoms with Crippen LogP contribution in [0.3, 0.4) is 0 Å². The molecule has 0 unspecified atom stereocenters. The molecule has 1 aliphatic rings. The first-order valence-corrected chi connectivity index (χ1v) is 11.6. The summed E-state index contributed by atoms with van der Waals surface area (Å²) in [6.45, 7) is 2.73. The first-order valence-electron chi connectivity index (χ1n) is 10.2. The number of benzene rings is 2. The number of ether oxygens (including phenoxy) is 1. The van der Waals surface area contributed by atoms with E-state index in [1.54, 1.807) is 6.20 Å². The standard InChI is InChI=1S/C23H23F2N3O3S/c24-22-9-8-21(15-23(22)25)32(29,30)28-13-11-27(12-14-28)16-18-4-6-20(7-5-18)31-17-19-3-1-2-10-26-19/h1-10,15H,11-14,16-17H2. The first-order chi connectivity index (χ1) is 15.4. The van der Waals surface area contributed by atoms with Crippen LogP contribution in [0.25, 0.3) is 0 Å². The van der Waals surface area contributed by atoms with Crippen LogP contribution in [0.2, 0.25) is 0 Å². The van der Waals surface area contributed by atoms with Crippen molar-refractivity contribution in [2.75, 3.05) is 26.2 Å². The summed E-state index contributed by atoms with van der Waals surface area (Å²) < 4.78 is 59.1. The van der Waals surface area contributed by atoms with Crippen LogP contribution in [0, 0.1) is 11.6 Å². The van der Waals surface area contributed by atoms with Crippen molar-refractivity contribution in [3.8, 4) is 5.75 Å². The molecule has 1 saturated heterocycles. The molecule has 9 heteroatoms. The lowest BCUT2D eigenvalue weighted by Crippen LogP contribution is -2.48. The fraction of sp³-hybridized carbons (Fsp3) is 0.261. The van der Waals surface area contributed by atoms with Crippen molar-refractivity contribution in [2.24, 2.45) is 0 Å². The minimum atomic E-state index is -3.85. The summed E-state index contributed by atoms with van der Waals surface area (Å²) >= 11 is 0. The van der Waals surface area contributed by atoms with Crippen LogP contribution in [0.1, 0.15) is 11.3 Å². The van der Waals surface area contributed by atoms with E-state index in [1.165, 1.54) is 4.31 Å². The molecule has 0 spiro atoms. The Morgan fingerprint density at radius 2 is 1.66 bits per heavy atom. The highest BCUT2D eigenvalue weighted by Crippen LogP contribution is 2.21. The lowest BCUT2D eigenvalue weighted by molar-refractivity contribution is 0.181. The van der Waals surface area contributed by atoms with Crippen molar-refractivity contribution in [2.45, 2.75) is 18.0 Å². The third kappa shape index (κ3) is 5.29. The minimum absolute atomic E-state index is 0.230. The molecule has 0 radical (unpaired) electrons. The topological polar surface area (TPSA) is 62.7 Å². The molecule has 1 aromatic heterocycles. The molecule has 1 fully saturated rings. The van der Waals surface area contributed by atoms with Gasteiger partial charge in [0.2, 0.25) is 10.0 Å². The number of pyridine rings is 1. The van der Waals surface area contributed by atoms with Crippen LogP contribution in [0.4, 0.5) is 8.78 Å². The number of rotatable bonds is 7. The smallest absolute Gasteiger partial charge is 0.243 e. The van der Waals surface area contributed by atoms with Gasteiger partial charge in [-0.1, -0.05) is 18.2 Å². The fourth-order valence-electron chi connectivity index (χ4n) is 3.50. The van der Waals surface area contributed by atoms with E-state index >= 15 is 0 Å². The molecule has 0 aliphatic carbocycles. The highest BCUT2D eigenvalue weighted by Gasteiger charge is 2.29. The molecule has 0 saturated carbocycles. The largest absolute Gasteiger partial charge is 0.487 e. The lowest BCUT2D eigenvalue weighted by Gasteiger charge is -2.34. The predicted molar refractivity (Wildman–Crippen MR) is 115 cm³/mol. The maximum atomic E-state index is 13.5. The number of halogens is 2. The third-order valence-corrected chi connectivity index (χ3v) is 7.20. The second kappa shape index (κ2) is 9.72. The van der Waals surface area contributed by atoms with Gasteiger partial charge in [0.15, 0.2) is 11.6 Å². The van der Waals surface area contributed by atoms with Gasteiger partial charge in [-0.05, 0) is 48.0 Å². The van der Waals surface area contributed by atoms with Crippen molar-refractivity contribution in [3.05, 3.63) is 89.8 Å². The Morgan fingerprint density at radius 1 is 0.906 bits per heavy atom. The van der Waals surface area contributed by atoms with Gasteiger partial charge < -0.3 is 4.74 Å². The zero-order valence-electron chi connectivity index (χ0n) is 17.3. The van der Waals surface area contributed by atoms with Gasteiger partial charge in [-0.15, -0.1) is 0 Å². The number of sulfonamides is 1. The van der Waals surface area contributed by atoms with Gasteiger partial charge in [-0.3, -0.25) is 9.88 Å². The van der Waals surface area contributed by atoms with Gasteiger partial charge in [0.05, 0.1) is 10.6 Å². The molecule has 0 amide bonds. The number of nitrogens with zero attached hydrogens (tertiary/aromatic N) is 3. The van der Waals surface area contributed by atoms with Gasteiger partial charge in [-0.2, -0.15) is 4.31 Å². The van der Waals surface area contributed by atoms with Crippen LogP contribution >= 0.6 is 0 Å². The molecule has 168 valence electrons. The summed E-state index contributed by atoms with van der Waals surface area (Å²) in [6, 6.07) is 16.1. The summed E-state index contributed by atoms with van der Waals surface area (Å²) in [5.41, 5.74) is 1.94. The van der Waals surface area contributed by atoms with Gasteiger partial charge in [-0.25, -0.2) is 17.2 Å². The molecule has 4 rings (SSSR count). The second-order valence-electron chi connectivity index (χ2n) is 7.51. The van der Waals surface area contributed by atoms with Gasteiger partial charge in [0.1, 0.15) is 12.4 Å². The maximum absolute atomic E-state index is 13.5. The molecule has 0 atom stereocenters. The number of piperazine rings is 1. The Balaban J connectivity index is 1.29. The van der Waals surface area contributed by atoms with E-state index in [1.807, 2.05) is 42.5 Å². The summed E-state index contributed by atoms with van der Waals surface area (Å²) in [4.78, 5) is 6.15. The third-order valence-electron chi connectivity index (χ3n) is 5.30. The molecule has 32 heavy (non-hydrogen) atoms. The van der Waals surface area contributed by atoms with E-state index in [9.17, 15) is 17.2 Å². The van der Waals surface area contributed by atoms with Crippen molar-refractivity contribution in [1.29, 1.82) is 0 Å². The van der Waals surface area contributed by atoms with Crippen molar-refractivity contribution in [1.82, 2.24) is 14.2 Å². The molecule has 6 nitrogen and oxygen atoms in total. The lowest BCUT2D eigenvalue weighted by atomic mass is 10.2.